The SMILES string of the molecule is COc1ccc2[nH]cc(C[C@@H](N)CN)c2c1. The highest BCUT2D eigenvalue weighted by Gasteiger charge is 2.08. The van der Waals surface area contributed by atoms with E-state index < -0.39 is 0 Å². The summed E-state index contributed by atoms with van der Waals surface area (Å²) < 4.78 is 5.21. The van der Waals surface area contributed by atoms with E-state index in [4.69, 9.17) is 16.2 Å². The molecule has 0 aliphatic carbocycles. The van der Waals surface area contributed by atoms with Crippen molar-refractivity contribution in [3.05, 3.63) is 30.0 Å². The van der Waals surface area contributed by atoms with E-state index in [-0.39, 0.29) is 6.04 Å². The van der Waals surface area contributed by atoms with Crippen LogP contribution in [0.5, 0.6) is 5.75 Å². The van der Waals surface area contributed by atoms with Crippen LogP contribution in [-0.2, 0) is 6.42 Å². The van der Waals surface area contributed by atoms with Crippen molar-refractivity contribution in [1.29, 1.82) is 0 Å². The fourth-order valence-corrected chi connectivity index (χ4v) is 1.82. The zero-order valence-corrected chi connectivity index (χ0v) is 9.36. The molecule has 16 heavy (non-hydrogen) atoms. The molecule has 1 aromatic heterocycles. The molecule has 0 fully saturated rings. The average molecular weight is 219 g/mol. The number of methoxy groups -OCH3 is 1. The van der Waals surface area contributed by atoms with E-state index in [1.807, 2.05) is 24.4 Å². The van der Waals surface area contributed by atoms with Gasteiger partial charge in [-0.3, -0.25) is 0 Å². The Balaban J connectivity index is 2.38. The molecule has 86 valence electrons. The van der Waals surface area contributed by atoms with Gasteiger partial charge in [-0.05, 0) is 30.2 Å². The molecule has 0 amide bonds. The second-order valence-corrected chi connectivity index (χ2v) is 3.93. The summed E-state index contributed by atoms with van der Waals surface area (Å²) in [5, 5.41) is 1.16. The van der Waals surface area contributed by atoms with Crippen molar-refractivity contribution in [3.8, 4) is 5.75 Å². The van der Waals surface area contributed by atoms with Gasteiger partial charge < -0.3 is 21.2 Å². The van der Waals surface area contributed by atoms with Gasteiger partial charge >= 0.3 is 0 Å². The normalized spacial score (nSPS) is 12.9. The van der Waals surface area contributed by atoms with Gasteiger partial charge in [0.05, 0.1) is 7.11 Å². The monoisotopic (exact) mass is 219 g/mol. The van der Waals surface area contributed by atoms with Crippen molar-refractivity contribution in [1.82, 2.24) is 4.98 Å². The molecule has 1 aromatic carbocycles. The fraction of sp³-hybridized carbons (Fsp3) is 0.333. The van der Waals surface area contributed by atoms with Crippen LogP contribution in [0.15, 0.2) is 24.4 Å². The number of rotatable bonds is 4. The van der Waals surface area contributed by atoms with Crippen LogP contribution < -0.4 is 16.2 Å². The summed E-state index contributed by atoms with van der Waals surface area (Å²) in [6.45, 7) is 0.497. The predicted molar refractivity (Wildman–Crippen MR) is 65.6 cm³/mol. The molecule has 0 saturated carbocycles. The second kappa shape index (κ2) is 4.55. The van der Waals surface area contributed by atoms with Crippen molar-refractivity contribution < 1.29 is 4.74 Å². The number of benzene rings is 1. The van der Waals surface area contributed by atoms with Gasteiger partial charge in [0.15, 0.2) is 0 Å². The maximum atomic E-state index is 5.86. The van der Waals surface area contributed by atoms with E-state index in [9.17, 15) is 0 Å². The van der Waals surface area contributed by atoms with Gasteiger partial charge in [0.25, 0.3) is 0 Å². The maximum absolute atomic E-state index is 5.86. The molecule has 0 radical (unpaired) electrons. The summed E-state index contributed by atoms with van der Waals surface area (Å²) in [5.74, 6) is 0.856. The molecule has 5 N–H and O–H groups in total. The summed E-state index contributed by atoms with van der Waals surface area (Å²) >= 11 is 0. The van der Waals surface area contributed by atoms with Crippen LogP contribution in [0, 0.1) is 0 Å². The van der Waals surface area contributed by atoms with Crippen LogP contribution in [0.3, 0.4) is 0 Å². The van der Waals surface area contributed by atoms with Crippen molar-refractivity contribution in [3.63, 3.8) is 0 Å². The Kier molecular flexibility index (Phi) is 3.12. The van der Waals surface area contributed by atoms with Gasteiger partial charge in [-0.15, -0.1) is 0 Å². The molecule has 4 nitrogen and oxygen atoms in total. The van der Waals surface area contributed by atoms with E-state index in [1.165, 1.54) is 5.56 Å². The Hall–Kier alpha value is -1.52. The van der Waals surface area contributed by atoms with Crippen LogP contribution in [-0.4, -0.2) is 24.7 Å². The Bertz CT molecular complexity index is 478. The first-order valence-electron chi connectivity index (χ1n) is 5.34. The third kappa shape index (κ3) is 2.03. The topological polar surface area (TPSA) is 77.1 Å². The molecule has 0 bridgehead atoms. The molecule has 1 atom stereocenters. The summed E-state index contributed by atoms with van der Waals surface area (Å²) in [6, 6.07) is 5.96. The summed E-state index contributed by atoms with van der Waals surface area (Å²) in [5.41, 5.74) is 13.7. The highest BCUT2D eigenvalue weighted by atomic mass is 16.5. The van der Waals surface area contributed by atoms with Crippen LogP contribution >= 0.6 is 0 Å². The molecule has 0 spiro atoms. The first-order chi connectivity index (χ1) is 7.74. The minimum absolute atomic E-state index is 0.00482. The van der Waals surface area contributed by atoms with Gasteiger partial charge in [0.1, 0.15) is 5.75 Å². The third-order valence-corrected chi connectivity index (χ3v) is 2.76. The highest BCUT2D eigenvalue weighted by molar-refractivity contribution is 5.84. The number of hydrogen-bond donors (Lipinski definition) is 3. The zero-order chi connectivity index (χ0) is 11.5. The van der Waals surface area contributed by atoms with Gasteiger partial charge in [0.2, 0.25) is 0 Å². The van der Waals surface area contributed by atoms with Gasteiger partial charge in [-0.1, -0.05) is 0 Å². The Labute approximate surface area is 94.6 Å². The second-order valence-electron chi connectivity index (χ2n) is 3.93. The summed E-state index contributed by atoms with van der Waals surface area (Å²) in [7, 11) is 1.67. The lowest BCUT2D eigenvalue weighted by atomic mass is 10.1. The van der Waals surface area contributed by atoms with Crippen molar-refractivity contribution in [2.75, 3.05) is 13.7 Å². The molecule has 4 heteroatoms. The Morgan fingerprint density at radius 3 is 2.94 bits per heavy atom. The minimum atomic E-state index is 0.00482. The first-order valence-corrected chi connectivity index (χ1v) is 5.34. The van der Waals surface area contributed by atoms with E-state index in [2.05, 4.69) is 4.98 Å². The lowest BCUT2D eigenvalue weighted by Gasteiger charge is -2.07. The smallest absolute Gasteiger partial charge is 0.119 e. The van der Waals surface area contributed by atoms with Crippen molar-refractivity contribution in [2.45, 2.75) is 12.5 Å². The zero-order valence-electron chi connectivity index (χ0n) is 9.36. The van der Waals surface area contributed by atoms with Crippen LogP contribution in [0.25, 0.3) is 10.9 Å². The van der Waals surface area contributed by atoms with Crippen molar-refractivity contribution >= 4 is 10.9 Å². The number of aromatic amines is 1. The van der Waals surface area contributed by atoms with Gasteiger partial charge in [0, 0.05) is 29.7 Å². The molecule has 2 rings (SSSR count). The van der Waals surface area contributed by atoms with Crippen molar-refractivity contribution in [2.24, 2.45) is 11.5 Å². The van der Waals surface area contributed by atoms with Crippen LogP contribution in [0.1, 0.15) is 5.56 Å². The Morgan fingerprint density at radius 1 is 1.44 bits per heavy atom. The maximum Gasteiger partial charge on any atom is 0.119 e. The molecule has 2 aromatic rings. The number of hydrogen-bond acceptors (Lipinski definition) is 3. The molecule has 1 heterocycles. The lowest BCUT2D eigenvalue weighted by molar-refractivity contribution is 0.415. The number of aromatic nitrogens is 1. The minimum Gasteiger partial charge on any atom is -0.497 e. The van der Waals surface area contributed by atoms with E-state index in [0.29, 0.717) is 6.54 Å². The number of nitrogens with two attached hydrogens (primary N) is 2. The number of fused-ring (bicyclic) bond motifs is 1. The number of H-pyrrole nitrogens is 1. The van der Waals surface area contributed by atoms with Gasteiger partial charge in [-0.25, -0.2) is 0 Å². The molecule has 0 aliphatic heterocycles. The largest absolute Gasteiger partial charge is 0.497 e. The molecule has 0 unspecified atom stereocenters. The Morgan fingerprint density at radius 2 is 2.25 bits per heavy atom. The number of nitrogens with one attached hydrogen (secondary N) is 1. The third-order valence-electron chi connectivity index (χ3n) is 2.76. The first kappa shape index (κ1) is 11.0. The molecule has 0 saturated heterocycles. The standard InChI is InChI=1S/C12H17N3O/c1-16-10-2-3-12-11(5-10)8(7-15-12)4-9(14)6-13/h2-3,5,7,9,15H,4,6,13-14H2,1H3/t9-/m1/s1. The van der Waals surface area contributed by atoms with E-state index >= 15 is 0 Å². The average Bonchev–Trinajstić information content (AvgIpc) is 2.71. The number of ether oxygens (including phenoxy) is 1. The fourth-order valence-electron chi connectivity index (χ4n) is 1.82. The highest BCUT2D eigenvalue weighted by Crippen LogP contribution is 2.24. The van der Waals surface area contributed by atoms with Gasteiger partial charge in [-0.2, -0.15) is 0 Å². The summed E-state index contributed by atoms with van der Waals surface area (Å²) in [4.78, 5) is 3.22. The van der Waals surface area contributed by atoms with E-state index in [1.54, 1.807) is 7.11 Å². The van der Waals surface area contributed by atoms with Crippen LogP contribution in [0.4, 0.5) is 0 Å². The predicted octanol–water partition coefficient (Wildman–Crippen LogP) is 1.00. The summed E-state index contributed by atoms with van der Waals surface area (Å²) in [6.07, 6.45) is 2.77. The van der Waals surface area contributed by atoms with E-state index in [0.717, 1.165) is 23.1 Å². The quantitative estimate of drug-likeness (QED) is 0.718. The molecular formula is C12H17N3O. The molecular weight excluding hydrogens is 202 g/mol. The molecule has 0 aliphatic rings. The lowest BCUT2D eigenvalue weighted by Crippen LogP contribution is -2.31. The van der Waals surface area contributed by atoms with Crippen LogP contribution in [0.2, 0.25) is 0 Å².